The molecule has 0 aromatic heterocycles. The second-order valence-electron chi connectivity index (χ2n) is 6.21. The Labute approximate surface area is 174 Å². The number of rotatable bonds is 4. The minimum absolute atomic E-state index is 0.0121. The van der Waals surface area contributed by atoms with Crippen LogP contribution in [0.15, 0.2) is 59.5 Å². The molecule has 150 valence electrons. The molecule has 0 radical (unpaired) electrons. The second-order valence-corrected chi connectivity index (χ2v) is 7.88. The summed E-state index contributed by atoms with van der Waals surface area (Å²) in [5, 5.41) is 2.42. The predicted octanol–water partition coefficient (Wildman–Crippen LogP) is 4.93. The number of nitrogens with one attached hydrogen (secondary N) is 1. The van der Waals surface area contributed by atoms with E-state index in [4.69, 9.17) is 12.2 Å². The van der Waals surface area contributed by atoms with Crippen molar-refractivity contribution >= 4 is 51.9 Å². The average molecular weight is 436 g/mol. The highest BCUT2D eigenvalue weighted by atomic mass is 32.2. The number of thioether (sulfide) groups is 1. The van der Waals surface area contributed by atoms with E-state index in [0.717, 1.165) is 34.4 Å². The summed E-state index contributed by atoms with van der Waals surface area (Å²) in [6.07, 6.45) is -2.84. The minimum Gasteiger partial charge on any atom is -0.324 e. The number of carbonyl (C=O) groups is 2. The van der Waals surface area contributed by atoms with Gasteiger partial charge in [-0.3, -0.25) is 14.5 Å². The third kappa shape index (κ3) is 4.86. The highest BCUT2D eigenvalue weighted by molar-refractivity contribution is 8.26. The summed E-state index contributed by atoms with van der Waals surface area (Å²) in [5.74, 6) is -1.06. The topological polar surface area (TPSA) is 49.4 Å². The molecule has 2 aromatic carbocycles. The van der Waals surface area contributed by atoms with Gasteiger partial charge in [0, 0.05) is 5.69 Å². The van der Waals surface area contributed by atoms with Gasteiger partial charge in [0.25, 0.3) is 5.91 Å². The first-order valence-electron chi connectivity index (χ1n) is 8.47. The van der Waals surface area contributed by atoms with Gasteiger partial charge in [-0.1, -0.05) is 60.4 Å². The zero-order valence-corrected chi connectivity index (χ0v) is 16.7. The molecule has 2 amide bonds. The lowest BCUT2D eigenvalue weighted by atomic mass is 10.1. The quantitative estimate of drug-likeness (QED) is 0.545. The maximum atomic E-state index is 12.8. The molecule has 1 atom stereocenters. The largest absolute Gasteiger partial charge is 0.416 e. The van der Waals surface area contributed by atoms with Crippen molar-refractivity contribution in [3.63, 3.8) is 0 Å². The van der Waals surface area contributed by atoms with E-state index in [1.807, 2.05) is 30.3 Å². The Hall–Kier alpha value is -2.65. The van der Waals surface area contributed by atoms with Crippen LogP contribution in [0.1, 0.15) is 18.1 Å². The predicted molar refractivity (Wildman–Crippen MR) is 111 cm³/mol. The van der Waals surface area contributed by atoms with Crippen LogP contribution >= 0.6 is 24.0 Å². The third-order valence-corrected chi connectivity index (χ3v) is 5.48. The Morgan fingerprint density at radius 1 is 1.17 bits per heavy atom. The number of thiocarbonyl (C=S) groups is 1. The van der Waals surface area contributed by atoms with E-state index >= 15 is 0 Å². The van der Waals surface area contributed by atoms with Crippen LogP contribution in [0.2, 0.25) is 0 Å². The lowest BCUT2D eigenvalue weighted by molar-refractivity contribution is -0.137. The maximum Gasteiger partial charge on any atom is 0.416 e. The SMILES string of the molecule is CC(C(=O)Nc1cccc(C(F)(F)F)c1)N1C(=O)/C(=C/c2ccccc2)SC1=S. The molecule has 1 heterocycles. The van der Waals surface area contributed by atoms with Gasteiger partial charge in [-0.25, -0.2) is 0 Å². The number of carbonyl (C=O) groups excluding carboxylic acids is 2. The molecule has 1 fully saturated rings. The Bertz CT molecular complexity index is 991. The van der Waals surface area contributed by atoms with Crippen molar-refractivity contribution in [2.24, 2.45) is 0 Å². The molecule has 1 N–H and O–H groups in total. The average Bonchev–Trinajstić information content (AvgIpc) is 2.94. The number of anilines is 1. The molecule has 2 aromatic rings. The fraction of sp³-hybridized carbons (Fsp3) is 0.150. The minimum atomic E-state index is -4.52. The lowest BCUT2D eigenvalue weighted by Gasteiger charge is -2.22. The van der Waals surface area contributed by atoms with Crippen LogP contribution in [-0.4, -0.2) is 27.1 Å². The van der Waals surface area contributed by atoms with Crippen LogP contribution in [0.25, 0.3) is 6.08 Å². The van der Waals surface area contributed by atoms with Gasteiger partial charge in [-0.2, -0.15) is 13.2 Å². The highest BCUT2D eigenvalue weighted by Gasteiger charge is 2.38. The smallest absolute Gasteiger partial charge is 0.324 e. The Morgan fingerprint density at radius 2 is 1.86 bits per heavy atom. The van der Waals surface area contributed by atoms with Crippen LogP contribution in [0.5, 0.6) is 0 Å². The third-order valence-electron chi connectivity index (χ3n) is 4.15. The Morgan fingerprint density at radius 3 is 2.52 bits per heavy atom. The van der Waals surface area contributed by atoms with Gasteiger partial charge < -0.3 is 5.32 Å². The summed E-state index contributed by atoms with van der Waals surface area (Å²) >= 11 is 6.31. The zero-order chi connectivity index (χ0) is 21.2. The lowest BCUT2D eigenvalue weighted by Crippen LogP contribution is -2.44. The van der Waals surface area contributed by atoms with Crippen molar-refractivity contribution in [1.29, 1.82) is 0 Å². The fourth-order valence-electron chi connectivity index (χ4n) is 2.65. The van der Waals surface area contributed by atoms with Crippen LogP contribution in [-0.2, 0) is 15.8 Å². The van der Waals surface area contributed by atoms with Crippen LogP contribution in [0, 0.1) is 0 Å². The van der Waals surface area contributed by atoms with Gasteiger partial charge in [0.2, 0.25) is 5.91 Å². The molecule has 1 saturated heterocycles. The van der Waals surface area contributed by atoms with Crippen LogP contribution < -0.4 is 5.32 Å². The van der Waals surface area contributed by atoms with Crippen molar-refractivity contribution < 1.29 is 22.8 Å². The van der Waals surface area contributed by atoms with Crippen molar-refractivity contribution in [2.45, 2.75) is 19.1 Å². The molecule has 0 aliphatic carbocycles. The number of nitrogens with zero attached hydrogens (tertiary/aromatic N) is 1. The van der Waals surface area contributed by atoms with E-state index in [2.05, 4.69) is 5.32 Å². The maximum absolute atomic E-state index is 12.8. The molecular weight excluding hydrogens is 421 g/mol. The number of alkyl halides is 3. The van der Waals surface area contributed by atoms with Crippen molar-refractivity contribution in [3.05, 3.63) is 70.6 Å². The molecule has 29 heavy (non-hydrogen) atoms. The first-order valence-corrected chi connectivity index (χ1v) is 9.69. The van der Waals surface area contributed by atoms with Gasteiger partial charge in [0.05, 0.1) is 10.5 Å². The second kappa shape index (κ2) is 8.38. The van der Waals surface area contributed by atoms with E-state index in [9.17, 15) is 22.8 Å². The van der Waals surface area contributed by atoms with Gasteiger partial charge in [-0.15, -0.1) is 0 Å². The van der Waals surface area contributed by atoms with Gasteiger partial charge >= 0.3 is 6.18 Å². The molecule has 1 aliphatic rings. The van der Waals surface area contributed by atoms with Crippen molar-refractivity contribution in [2.75, 3.05) is 5.32 Å². The van der Waals surface area contributed by atoms with Crippen molar-refractivity contribution in [1.82, 2.24) is 4.90 Å². The molecule has 0 spiro atoms. The summed E-state index contributed by atoms with van der Waals surface area (Å²) in [5.41, 5.74) is -0.0737. The Kier molecular flexibility index (Phi) is 6.09. The molecule has 4 nitrogen and oxygen atoms in total. The molecule has 0 bridgehead atoms. The van der Waals surface area contributed by atoms with E-state index in [1.165, 1.54) is 19.1 Å². The summed E-state index contributed by atoms with van der Waals surface area (Å²) in [6, 6.07) is 12.5. The zero-order valence-electron chi connectivity index (χ0n) is 15.1. The normalized spacial score (nSPS) is 17.0. The summed E-state index contributed by atoms with van der Waals surface area (Å²) in [7, 11) is 0. The first-order chi connectivity index (χ1) is 13.7. The number of hydrogen-bond donors (Lipinski definition) is 1. The van der Waals surface area contributed by atoms with Gasteiger partial charge in [0.1, 0.15) is 10.4 Å². The van der Waals surface area contributed by atoms with Gasteiger partial charge in [0.15, 0.2) is 0 Å². The molecule has 1 aliphatic heterocycles. The highest BCUT2D eigenvalue weighted by Crippen LogP contribution is 2.34. The summed E-state index contributed by atoms with van der Waals surface area (Å²) in [4.78, 5) is 26.8. The molecule has 1 unspecified atom stereocenters. The number of hydrogen-bond acceptors (Lipinski definition) is 4. The van der Waals surface area contributed by atoms with Crippen molar-refractivity contribution in [3.8, 4) is 0 Å². The molecule has 9 heteroatoms. The van der Waals surface area contributed by atoms with E-state index in [-0.39, 0.29) is 10.0 Å². The van der Waals surface area contributed by atoms with E-state index in [0.29, 0.717) is 4.91 Å². The summed E-state index contributed by atoms with van der Waals surface area (Å²) < 4.78 is 38.7. The standard InChI is InChI=1S/C20H15F3N2O2S2/c1-12(17(26)24-15-9-5-8-14(11-15)20(21,22)23)25-18(27)16(29-19(25)28)10-13-6-3-2-4-7-13/h2-12H,1H3,(H,24,26)/b16-10-. The fourth-order valence-corrected chi connectivity index (χ4v) is 4.07. The number of halogens is 3. The first kappa shape index (κ1) is 21.1. The molecule has 0 saturated carbocycles. The van der Waals surface area contributed by atoms with E-state index in [1.54, 1.807) is 6.08 Å². The Balaban J connectivity index is 1.75. The van der Waals surface area contributed by atoms with Gasteiger partial charge in [-0.05, 0) is 36.8 Å². The van der Waals surface area contributed by atoms with Crippen LogP contribution in [0.4, 0.5) is 18.9 Å². The monoisotopic (exact) mass is 436 g/mol. The molecule has 3 rings (SSSR count). The number of amides is 2. The summed E-state index contributed by atoms with van der Waals surface area (Å²) in [6.45, 7) is 1.47. The van der Waals surface area contributed by atoms with E-state index < -0.39 is 29.6 Å². The van der Waals surface area contributed by atoms with Crippen LogP contribution in [0.3, 0.4) is 0 Å². The molecular formula is C20H15F3N2O2S2. The number of benzene rings is 2.